The Morgan fingerprint density at radius 3 is 2.14 bits per heavy atom. The number of rotatable bonds is 5. The van der Waals surface area contributed by atoms with Gasteiger partial charge in [-0.1, -0.05) is 67.9 Å². The minimum absolute atomic E-state index is 0.0326. The molecule has 0 radical (unpaired) electrons. The summed E-state index contributed by atoms with van der Waals surface area (Å²) < 4.78 is 5.41. The molecule has 190 valence electrons. The Balaban J connectivity index is 1.60. The number of benzene rings is 2. The highest BCUT2D eigenvalue weighted by Gasteiger charge is 2.47. The normalized spacial score (nSPS) is 19.6. The van der Waals surface area contributed by atoms with Crippen molar-refractivity contribution in [2.75, 3.05) is 36.1 Å². The molecule has 0 bridgehead atoms. The van der Waals surface area contributed by atoms with Gasteiger partial charge in [0.2, 0.25) is 0 Å². The van der Waals surface area contributed by atoms with Crippen LogP contribution in [0, 0.1) is 6.92 Å². The van der Waals surface area contributed by atoms with E-state index in [1.807, 2.05) is 43.3 Å². The van der Waals surface area contributed by atoms with Crippen LogP contribution in [0.1, 0.15) is 48.1 Å². The van der Waals surface area contributed by atoms with Gasteiger partial charge in [-0.25, -0.2) is 0 Å². The van der Waals surface area contributed by atoms with Crippen LogP contribution < -0.4 is 9.80 Å². The van der Waals surface area contributed by atoms with Crippen molar-refractivity contribution >= 4 is 29.1 Å². The SMILES string of the molecule is Cc1ccc(/C(O)=C2/C(=O)C(=O)N(c3ccc(N4CCOCC4)nn3)C2c2ccc(C(C)C)cc2)cc1. The summed E-state index contributed by atoms with van der Waals surface area (Å²) in [5.74, 6) is -0.459. The number of aromatic nitrogens is 2. The van der Waals surface area contributed by atoms with Crippen molar-refractivity contribution in [3.8, 4) is 0 Å². The number of anilines is 2. The summed E-state index contributed by atoms with van der Waals surface area (Å²) in [4.78, 5) is 30.2. The Hall–Kier alpha value is -4.04. The zero-order valence-electron chi connectivity index (χ0n) is 21.2. The molecule has 8 nitrogen and oxygen atoms in total. The van der Waals surface area contributed by atoms with E-state index in [0.717, 1.165) is 11.1 Å². The van der Waals surface area contributed by atoms with Crippen molar-refractivity contribution in [3.63, 3.8) is 0 Å². The molecule has 2 aliphatic heterocycles. The molecule has 1 aromatic heterocycles. The molecule has 1 atom stereocenters. The molecule has 3 aromatic rings. The number of hydrogen-bond donors (Lipinski definition) is 1. The van der Waals surface area contributed by atoms with Crippen molar-refractivity contribution in [3.05, 3.63) is 88.5 Å². The van der Waals surface area contributed by atoms with Crippen molar-refractivity contribution in [2.24, 2.45) is 0 Å². The third-order valence-corrected chi connectivity index (χ3v) is 6.91. The number of aryl methyl sites for hydroxylation is 1. The first-order chi connectivity index (χ1) is 17.8. The van der Waals surface area contributed by atoms with E-state index >= 15 is 0 Å². The Morgan fingerprint density at radius 2 is 1.54 bits per heavy atom. The van der Waals surface area contributed by atoms with Crippen LogP contribution in [0.15, 0.2) is 66.2 Å². The second kappa shape index (κ2) is 10.1. The fourth-order valence-electron chi connectivity index (χ4n) is 4.72. The number of hydrogen-bond acceptors (Lipinski definition) is 7. The number of aliphatic hydroxyl groups excluding tert-OH is 1. The lowest BCUT2D eigenvalue weighted by Gasteiger charge is -2.28. The monoisotopic (exact) mass is 498 g/mol. The van der Waals surface area contributed by atoms with Crippen molar-refractivity contribution < 1.29 is 19.4 Å². The summed E-state index contributed by atoms with van der Waals surface area (Å²) in [6, 6.07) is 17.6. The van der Waals surface area contributed by atoms with E-state index < -0.39 is 17.7 Å². The average Bonchev–Trinajstić information content (AvgIpc) is 3.19. The number of Topliss-reactive ketones (excluding diaryl/α,β-unsaturated/α-hetero) is 1. The Bertz CT molecular complexity index is 1330. The number of carbonyl (C=O) groups excluding carboxylic acids is 2. The number of morpholine rings is 1. The molecule has 1 N–H and O–H groups in total. The van der Waals surface area contributed by atoms with Gasteiger partial charge in [0.05, 0.1) is 24.8 Å². The van der Waals surface area contributed by atoms with Gasteiger partial charge < -0.3 is 14.7 Å². The maximum Gasteiger partial charge on any atom is 0.301 e. The predicted molar refractivity (Wildman–Crippen MR) is 142 cm³/mol. The Morgan fingerprint density at radius 1 is 0.919 bits per heavy atom. The lowest BCUT2D eigenvalue weighted by atomic mass is 9.93. The average molecular weight is 499 g/mol. The number of ether oxygens (including phenoxy) is 1. The second-order valence-corrected chi connectivity index (χ2v) is 9.71. The second-order valence-electron chi connectivity index (χ2n) is 9.71. The summed E-state index contributed by atoms with van der Waals surface area (Å²) in [5.41, 5.74) is 3.37. The number of nitrogens with zero attached hydrogens (tertiary/aromatic N) is 4. The molecule has 0 saturated carbocycles. The fourth-order valence-corrected chi connectivity index (χ4v) is 4.72. The van der Waals surface area contributed by atoms with Crippen LogP contribution in [-0.4, -0.2) is 53.3 Å². The number of ketones is 1. The lowest BCUT2D eigenvalue weighted by Crippen LogP contribution is -2.37. The third-order valence-electron chi connectivity index (χ3n) is 6.91. The third kappa shape index (κ3) is 4.72. The Labute approximate surface area is 216 Å². The van der Waals surface area contributed by atoms with Gasteiger partial charge in [-0.3, -0.25) is 14.5 Å². The topological polar surface area (TPSA) is 95.9 Å². The van der Waals surface area contributed by atoms with Crippen LogP contribution in [0.3, 0.4) is 0 Å². The van der Waals surface area contributed by atoms with Gasteiger partial charge in [0.15, 0.2) is 11.6 Å². The van der Waals surface area contributed by atoms with E-state index in [1.165, 1.54) is 4.90 Å². The largest absolute Gasteiger partial charge is 0.507 e. The predicted octanol–water partition coefficient (Wildman–Crippen LogP) is 4.37. The zero-order valence-corrected chi connectivity index (χ0v) is 21.2. The first kappa shape index (κ1) is 24.6. The molecule has 1 amide bonds. The molecule has 5 rings (SSSR count). The first-order valence-corrected chi connectivity index (χ1v) is 12.5. The fraction of sp³-hybridized carbons (Fsp3) is 0.310. The van der Waals surface area contributed by atoms with Gasteiger partial charge in [-0.2, -0.15) is 0 Å². The highest BCUT2D eigenvalue weighted by Crippen LogP contribution is 2.42. The quantitative estimate of drug-likeness (QED) is 0.317. The zero-order chi connectivity index (χ0) is 26.1. The minimum atomic E-state index is -0.842. The van der Waals surface area contributed by atoms with Crippen LogP contribution in [-0.2, 0) is 14.3 Å². The van der Waals surface area contributed by atoms with Gasteiger partial charge in [0, 0.05) is 18.7 Å². The van der Waals surface area contributed by atoms with Crippen LogP contribution >= 0.6 is 0 Å². The van der Waals surface area contributed by atoms with Crippen LogP contribution in [0.2, 0.25) is 0 Å². The van der Waals surface area contributed by atoms with Crippen LogP contribution in [0.4, 0.5) is 11.6 Å². The van der Waals surface area contributed by atoms with Gasteiger partial charge in [-0.05, 0) is 36.1 Å². The van der Waals surface area contributed by atoms with E-state index in [1.54, 1.807) is 24.3 Å². The van der Waals surface area contributed by atoms with Crippen molar-refractivity contribution in [1.29, 1.82) is 0 Å². The summed E-state index contributed by atoms with van der Waals surface area (Å²) in [6.07, 6.45) is 0. The molecule has 37 heavy (non-hydrogen) atoms. The van der Waals surface area contributed by atoms with Gasteiger partial charge >= 0.3 is 5.91 Å². The molecule has 1 unspecified atom stereocenters. The highest BCUT2D eigenvalue weighted by atomic mass is 16.5. The van der Waals surface area contributed by atoms with E-state index in [-0.39, 0.29) is 17.2 Å². The molecule has 2 saturated heterocycles. The van der Waals surface area contributed by atoms with E-state index in [4.69, 9.17) is 4.74 Å². The molecule has 0 aliphatic carbocycles. The van der Waals surface area contributed by atoms with Crippen molar-refractivity contribution in [1.82, 2.24) is 10.2 Å². The van der Waals surface area contributed by atoms with Crippen LogP contribution in [0.5, 0.6) is 0 Å². The van der Waals surface area contributed by atoms with E-state index in [2.05, 4.69) is 28.9 Å². The molecule has 2 aromatic carbocycles. The maximum atomic E-state index is 13.4. The summed E-state index contributed by atoms with van der Waals surface area (Å²) in [7, 11) is 0. The number of carbonyl (C=O) groups is 2. The first-order valence-electron chi connectivity index (χ1n) is 12.5. The molecule has 8 heteroatoms. The minimum Gasteiger partial charge on any atom is -0.507 e. The summed E-state index contributed by atoms with van der Waals surface area (Å²) in [5, 5.41) is 20.0. The molecule has 2 aliphatic rings. The number of aliphatic hydroxyl groups is 1. The summed E-state index contributed by atoms with van der Waals surface area (Å²) >= 11 is 0. The standard InChI is InChI=1S/C29H30N4O4/c1-18(2)20-8-10-21(11-9-20)26-25(27(34)22-6-4-19(3)5-7-22)28(35)29(36)33(26)24-13-12-23(30-31-24)32-14-16-37-17-15-32/h4-13,18,26,34H,14-17H2,1-3H3/b27-25-. The highest BCUT2D eigenvalue weighted by molar-refractivity contribution is 6.51. The molecular weight excluding hydrogens is 468 g/mol. The van der Waals surface area contributed by atoms with E-state index in [9.17, 15) is 14.7 Å². The molecule has 3 heterocycles. The van der Waals surface area contributed by atoms with E-state index in [0.29, 0.717) is 49.2 Å². The Kier molecular flexibility index (Phi) is 6.76. The maximum absolute atomic E-state index is 13.4. The molecule has 2 fully saturated rings. The molecule has 0 spiro atoms. The van der Waals surface area contributed by atoms with Gasteiger partial charge in [0.1, 0.15) is 5.76 Å². The number of amides is 1. The lowest BCUT2D eigenvalue weighted by molar-refractivity contribution is -0.132. The molecular formula is C29H30N4O4. The van der Waals surface area contributed by atoms with Gasteiger partial charge in [0.25, 0.3) is 5.78 Å². The summed E-state index contributed by atoms with van der Waals surface area (Å²) in [6.45, 7) is 8.79. The smallest absolute Gasteiger partial charge is 0.301 e. The van der Waals surface area contributed by atoms with Crippen LogP contribution in [0.25, 0.3) is 5.76 Å². The van der Waals surface area contributed by atoms with Gasteiger partial charge in [-0.15, -0.1) is 10.2 Å². The van der Waals surface area contributed by atoms with Crippen molar-refractivity contribution in [2.45, 2.75) is 32.7 Å².